The summed E-state index contributed by atoms with van der Waals surface area (Å²) in [5.41, 5.74) is 0. The van der Waals surface area contributed by atoms with E-state index in [9.17, 15) is 22.0 Å². The Hall–Kier alpha value is -2.46. The molecule has 11 heteroatoms. The van der Waals surface area contributed by atoms with Gasteiger partial charge in [-0.3, -0.25) is 5.10 Å². The van der Waals surface area contributed by atoms with E-state index in [1.807, 2.05) is 0 Å². The van der Waals surface area contributed by atoms with Crippen LogP contribution in [0.1, 0.15) is 18.2 Å². The molecule has 2 aromatic heterocycles. The minimum absolute atomic E-state index is 0.0505. The average Bonchev–Trinajstić information content (AvgIpc) is 3.17. The van der Waals surface area contributed by atoms with E-state index in [1.165, 1.54) is 18.6 Å². The zero-order valence-electron chi connectivity index (χ0n) is 12.1. The molecule has 1 unspecified atom stereocenters. The van der Waals surface area contributed by atoms with E-state index in [4.69, 9.17) is 0 Å². The highest BCUT2D eigenvalue weighted by Gasteiger charge is 2.61. The predicted octanol–water partition coefficient (Wildman–Crippen LogP) is 2.73. The minimum atomic E-state index is -5.81. The van der Waals surface area contributed by atoms with Crippen molar-refractivity contribution < 1.29 is 26.7 Å². The molecule has 1 atom stereocenters. The van der Waals surface area contributed by atoms with Crippen LogP contribution in [0.4, 0.5) is 27.8 Å². The standard InChI is InChI=1S/C13H12F5N5O/c14-12(15,16)13(17,18)24-9-2-1-4-19-11(9)23-5-3-8(6-23)10-20-7-21-22-10/h1-2,4,7-8H,3,5-6H2,(H,20,21,22). The highest BCUT2D eigenvalue weighted by atomic mass is 19.4. The van der Waals surface area contributed by atoms with Gasteiger partial charge in [0.2, 0.25) is 0 Å². The number of nitrogens with one attached hydrogen (secondary N) is 1. The Morgan fingerprint density at radius 2 is 2.00 bits per heavy atom. The van der Waals surface area contributed by atoms with Crippen molar-refractivity contribution in [2.24, 2.45) is 0 Å². The van der Waals surface area contributed by atoms with E-state index in [-0.39, 0.29) is 11.7 Å². The number of hydrogen-bond acceptors (Lipinski definition) is 5. The number of rotatable bonds is 4. The monoisotopic (exact) mass is 349 g/mol. The third-order valence-electron chi connectivity index (χ3n) is 3.63. The maximum absolute atomic E-state index is 13.2. The fourth-order valence-electron chi connectivity index (χ4n) is 2.48. The van der Waals surface area contributed by atoms with Crippen molar-refractivity contribution in [1.82, 2.24) is 20.2 Å². The van der Waals surface area contributed by atoms with Gasteiger partial charge in [0, 0.05) is 25.2 Å². The molecule has 0 bridgehead atoms. The lowest BCUT2D eigenvalue weighted by Gasteiger charge is -2.24. The summed E-state index contributed by atoms with van der Waals surface area (Å²) in [6, 6.07) is 2.26. The highest BCUT2D eigenvalue weighted by Crippen LogP contribution is 2.40. The smallest absolute Gasteiger partial charge is 0.422 e. The van der Waals surface area contributed by atoms with Gasteiger partial charge in [0.1, 0.15) is 12.2 Å². The Bertz CT molecular complexity index is 690. The molecule has 2 aromatic rings. The van der Waals surface area contributed by atoms with Crippen molar-refractivity contribution in [2.45, 2.75) is 24.6 Å². The highest BCUT2D eigenvalue weighted by molar-refractivity contribution is 5.53. The summed E-state index contributed by atoms with van der Waals surface area (Å²) in [5.74, 6) is -0.122. The molecule has 3 heterocycles. The van der Waals surface area contributed by atoms with Crippen LogP contribution in [0.5, 0.6) is 5.75 Å². The molecule has 1 aliphatic rings. The molecule has 0 amide bonds. The second-order valence-electron chi connectivity index (χ2n) is 5.24. The molecule has 24 heavy (non-hydrogen) atoms. The van der Waals surface area contributed by atoms with Gasteiger partial charge in [0.05, 0.1) is 0 Å². The van der Waals surface area contributed by atoms with Gasteiger partial charge in [-0.25, -0.2) is 9.97 Å². The summed E-state index contributed by atoms with van der Waals surface area (Å²) in [7, 11) is 0. The number of ether oxygens (including phenoxy) is 1. The first-order valence-corrected chi connectivity index (χ1v) is 6.97. The molecule has 0 aromatic carbocycles. The number of hydrogen-bond donors (Lipinski definition) is 1. The van der Waals surface area contributed by atoms with Crippen LogP contribution in [0.2, 0.25) is 0 Å². The number of pyridine rings is 1. The van der Waals surface area contributed by atoms with Gasteiger partial charge in [-0.05, 0) is 18.6 Å². The normalized spacial score (nSPS) is 18.9. The zero-order chi connectivity index (χ0) is 17.4. The molecule has 1 saturated heterocycles. The van der Waals surface area contributed by atoms with Gasteiger partial charge in [-0.15, -0.1) is 0 Å². The SMILES string of the molecule is FC(F)(F)C(F)(F)Oc1cccnc1N1CCC(c2ncn[nH]2)C1. The van der Waals surface area contributed by atoms with E-state index in [0.717, 1.165) is 6.07 Å². The van der Waals surface area contributed by atoms with E-state index in [2.05, 4.69) is 24.9 Å². The van der Waals surface area contributed by atoms with E-state index in [1.54, 1.807) is 4.90 Å². The fraction of sp³-hybridized carbons (Fsp3) is 0.462. The second kappa shape index (κ2) is 5.87. The van der Waals surface area contributed by atoms with Gasteiger partial charge in [-0.1, -0.05) is 0 Å². The first kappa shape index (κ1) is 16.4. The topological polar surface area (TPSA) is 66.9 Å². The number of H-pyrrole nitrogens is 1. The predicted molar refractivity (Wildman–Crippen MR) is 71.8 cm³/mol. The third-order valence-corrected chi connectivity index (χ3v) is 3.63. The summed E-state index contributed by atoms with van der Waals surface area (Å²) in [5, 5.41) is 6.45. The number of aromatic nitrogens is 4. The van der Waals surface area contributed by atoms with E-state index < -0.39 is 18.0 Å². The zero-order valence-corrected chi connectivity index (χ0v) is 12.1. The molecule has 0 saturated carbocycles. The molecule has 0 spiro atoms. The number of alkyl halides is 5. The molecular weight excluding hydrogens is 337 g/mol. The van der Waals surface area contributed by atoms with Gasteiger partial charge >= 0.3 is 12.3 Å². The van der Waals surface area contributed by atoms with Gasteiger partial charge in [-0.2, -0.15) is 27.1 Å². The lowest BCUT2D eigenvalue weighted by molar-refractivity contribution is -0.360. The first-order valence-electron chi connectivity index (χ1n) is 6.97. The molecule has 1 N–H and O–H groups in total. The Kier molecular flexibility index (Phi) is 4.01. The summed E-state index contributed by atoms with van der Waals surface area (Å²) in [6.45, 7) is 0.760. The molecule has 0 radical (unpaired) electrons. The Labute approximate surface area is 132 Å². The van der Waals surface area contributed by atoms with Crippen LogP contribution < -0.4 is 9.64 Å². The van der Waals surface area contributed by atoms with Crippen LogP contribution >= 0.6 is 0 Å². The Morgan fingerprint density at radius 3 is 2.67 bits per heavy atom. The molecule has 1 aliphatic heterocycles. The van der Waals surface area contributed by atoms with Crippen molar-refractivity contribution in [3.63, 3.8) is 0 Å². The van der Waals surface area contributed by atoms with Crippen molar-refractivity contribution in [3.8, 4) is 5.75 Å². The van der Waals surface area contributed by atoms with E-state index in [0.29, 0.717) is 25.3 Å². The maximum atomic E-state index is 13.2. The number of anilines is 1. The van der Waals surface area contributed by atoms with Crippen LogP contribution in [-0.4, -0.2) is 45.5 Å². The molecule has 6 nitrogen and oxygen atoms in total. The quantitative estimate of drug-likeness (QED) is 0.860. The average molecular weight is 349 g/mol. The summed E-state index contributed by atoms with van der Waals surface area (Å²) in [4.78, 5) is 9.50. The van der Waals surface area contributed by atoms with Gasteiger partial charge < -0.3 is 9.64 Å². The number of nitrogens with zero attached hydrogens (tertiary/aromatic N) is 4. The fourth-order valence-corrected chi connectivity index (χ4v) is 2.48. The molecule has 1 fully saturated rings. The lowest BCUT2D eigenvalue weighted by atomic mass is 10.1. The van der Waals surface area contributed by atoms with Crippen molar-refractivity contribution in [3.05, 3.63) is 30.5 Å². The maximum Gasteiger partial charge on any atom is 0.499 e. The third kappa shape index (κ3) is 3.10. The lowest BCUT2D eigenvalue weighted by Crippen LogP contribution is -2.42. The Balaban J connectivity index is 1.80. The van der Waals surface area contributed by atoms with Crippen LogP contribution in [-0.2, 0) is 0 Å². The molecular formula is C13H12F5N5O. The van der Waals surface area contributed by atoms with Gasteiger partial charge in [0.25, 0.3) is 0 Å². The number of aromatic amines is 1. The summed E-state index contributed by atoms with van der Waals surface area (Å²) >= 11 is 0. The van der Waals surface area contributed by atoms with Crippen LogP contribution in [0.3, 0.4) is 0 Å². The molecule has 130 valence electrons. The first-order chi connectivity index (χ1) is 11.3. The van der Waals surface area contributed by atoms with Crippen molar-refractivity contribution in [2.75, 3.05) is 18.0 Å². The summed E-state index contributed by atoms with van der Waals surface area (Å²) < 4.78 is 67.3. The molecule has 0 aliphatic carbocycles. The van der Waals surface area contributed by atoms with Crippen molar-refractivity contribution in [1.29, 1.82) is 0 Å². The largest absolute Gasteiger partial charge is 0.499 e. The Morgan fingerprint density at radius 1 is 1.21 bits per heavy atom. The molecule has 3 rings (SSSR count). The van der Waals surface area contributed by atoms with Crippen LogP contribution in [0.15, 0.2) is 24.7 Å². The number of halogens is 5. The minimum Gasteiger partial charge on any atom is -0.422 e. The van der Waals surface area contributed by atoms with Crippen LogP contribution in [0, 0.1) is 0 Å². The van der Waals surface area contributed by atoms with Crippen LogP contribution in [0.25, 0.3) is 0 Å². The van der Waals surface area contributed by atoms with Gasteiger partial charge in [0.15, 0.2) is 11.6 Å². The summed E-state index contributed by atoms with van der Waals surface area (Å²) in [6.07, 6.45) is -7.84. The van der Waals surface area contributed by atoms with Crippen molar-refractivity contribution >= 4 is 5.82 Å². The van der Waals surface area contributed by atoms with E-state index >= 15 is 0 Å². The second-order valence-corrected chi connectivity index (χ2v) is 5.24.